The zero-order valence-corrected chi connectivity index (χ0v) is 4.53. The van der Waals surface area contributed by atoms with Gasteiger partial charge < -0.3 is 0 Å². The van der Waals surface area contributed by atoms with Crippen molar-refractivity contribution in [1.82, 2.24) is 0 Å². The molecule has 2 rings (SSSR count). The van der Waals surface area contributed by atoms with Crippen molar-refractivity contribution in [1.29, 1.82) is 0 Å². The summed E-state index contributed by atoms with van der Waals surface area (Å²) in [7, 11) is 0. The van der Waals surface area contributed by atoms with Gasteiger partial charge >= 0.3 is 32.6 Å². The van der Waals surface area contributed by atoms with Crippen LogP contribution >= 0.6 is 19.8 Å². The predicted molar refractivity (Wildman–Crippen MR) is 27.5 cm³/mol. The predicted octanol–water partition coefficient (Wildman–Crippen LogP) is 0.889. The van der Waals surface area contributed by atoms with E-state index in [4.69, 9.17) is 0 Å². The third-order valence-corrected chi connectivity index (χ3v) is 6.46. The molecule has 24 valence electrons. The minimum atomic E-state index is 0.153. The minimum absolute atomic E-state index is 0.153. The fraction of sp³-hybridized carbons (Fsp3) is 1.00. The molecule has 4 heavy (non-hydrogen) atoms. The van der Waals surface area contributed by atoms with Gasteiger partial charge in [-0.25, -0.2) is 0 Å². The number of fused-ring (bicyclic) bond motifs is 1. The topological polar surface area (TPSA) is 0 Å². The summed E-state index contributed by atoms with van der Waals surface area (Å²) in [5.74, 6) is 0. The molecule has 0 N–H and O–H groups in total. The van der Waals surface area contributed by atoms with Crippen molar-refractivity contribution in [3.05, 3.63) is 0 Å². The third kappa shape index (κ3) is 0.107. The van der Waals surface area contributed by atoms with Gasteiger partial charge in [0, 0.05) is 0 Å². The number of alkyl halides is 3. The molecule has 2 saturated heterocycles. The van der Waals surface area contributed by atoms with E-state index in [1.54, 1.807) is 8.86 Å². The molecule has 2 aliphatic heterocycles. The van der Waals surface area contributed by atoms with Crippen molar-refractivity contribution in [3.63, 3.8) is 0 Å². The molecule has 0 radical (unpaired) electrons. The molecule has 2 fully saturated rings. The molecule has 1 heteroatoms. The van der Waals surface area contributed by atoms with Crippen LogP contribution in [0.3, 0.4) is 0 Å². The second-order valence-corrected chi connectivity index (χ2v) is 7.77. The van der Waals surface area contributed by atoms with Crippen LogP contribution in [0.1, 0.15) is 0 Å². The van der Waals surface area contributed by atoms with Gasteiger partial charge in [0.2, 0.25) is 0 Å². The maximum absolute atomic E-state index is 1.74. The Morgan fingerprint density at radius 1 is 1.50 bits per heavy atom. The van der Waals surface area contributed by atoms with E-state index in [0.717, 1.165) is 0 Å². The summed E-state index contributed by atoms with van der Waals surface area (Å²) in [6, 6.07) is 0. The first-order valence-corrected chi connectivity index (χ1v) is 5.87. The van der Waals surface area contributed by atoms with Gasteiger partial charge in [0.1, 0.15) is 0 Å². The maximum atomic E-state index is 1.74. The molecule has 0 atom stereocenters. The van der Waals surface area contributed by atoms with Gasteiger partial charge in [-0.05, 0) is 0 Å². The molecule has 0 saturated carbocycles. The zero-order valence-electron chi connectivity index (χ0n) is 2.37. The van der Waals surface area contributed by atoms with Crippen molar-refractivity contribution in [2.45, 2.75) is 3.92 Å². The molecule has 0 bridgehead atoms. The van der Waals surface area contributed by atoms with E-state index in [1.165, 1.54) is 3.92 Å². The second kappa shape index (κ2) is 0.365. The van der Waals surface area contributed by atoms with Crippen molar-refractivity contribution in [2.75, 3.05) is 8.86 Å². The van der Waals surface area contributed by atoms with Crippen LogP contribution < -0.4 is 0 Å². The number of hydrogen-bond donors (Lipinski definition) is 0. The van der Waals surface area contributed by atoms with Crippen LogP contribution in [0.2, 0.25) is 0 Å². The quantitative estimate of drug-likeness (QED) is 0.372. The normalized spacial score (nSPS) is 43.5. The molecule has 0 unspecified atom stereocenters. The standard InChI is InChI=1S/C3H5I/c1-3-2-4(1)3/h3H,1-2H2. The van der Waals surface area contributed by atoms with Crippen LogP contribution in [0, 0.1) is 0 Å². The van der Waals surface area contributed by atoms with Crippen molar-refractivity contribution in [3.8, 4) is 0 Å². The Morgan fingerprint density at radius 2 is 1.75 bits per heavy atom. The van der Waals surface area contributed by atoms with Crippen molar-refractivity contribution >= 4 is 19.8 Å². The summed E-state index contributed by atoms with van der Waals surface area (Å²) < 4.78 is 4.89. The SMILES string of the molecule is C1C2CI12. The van der Waals surface area contributed by atoms with Gasteiger partial charge in [-0.1, -0.05) is 0 Å². The van der Waals surface area contributed by atoms with E-state index in [9.17, 15) is 0 Å². The van der Waals surface area contributed by atoms with Gasteiger partial charge in [0.15, 0.2) is 0 Å². The molecule has 0 aliphatic carbocycles. The molecular weight excluding hydrogens is 163 g/mol. The third-order valence-electron chi connectivity index (χ3n) is 0.963. The Balaban J connectivity index is 2.48. The summed E-state index contributed by atoms with van der Waals surface area (Å²) in [6.07, 6.45) is 0. The summed E-state index contributed by atoms with van der Waals surface area (Å²) in [6.45, 7) is 0. The van der Waals surface area contributed by atoms with Gasteiger partial charge in [0.25, 0.3) is 0 Å². The summed E-state index contributed by atoms with van der Waals surface area (Å²) in [5.41, 5.74) is 0. The summed E-state index contributed by atoms with van der Waals surface area (Å²) in [4.78, 5) is 0. The van der Waals surface area contributed by atoms with Crippen LogP contribution in [0.5, 0.6) is 0 Å². The molecular formula is C3H5I. The molecule has 0 aromatic carbocycles. The average molecular weight is 168 g/mol. The van der Waals surface area contributed by atoms with Gasteiger partial charge in [-0.2, -0.15) is 0 Å². The summed E-state index contributed by atoms with van der Waals surface area (Å²) in [5, 5.41) is 0. The molecule has 0 amide bonds. The van der Waals surface area contributed by atoms with E-state index in [-0.39, 0.29) is 19.8 Å². The van der Waals surface area contributed by atoms with E-state index >= 15 is 0 Å². The second-order valence-electron chi connectivity index (χ2n) is 1.40. The van der Waals surface area contributed by atoms with Crippen LogP contribution in [0.25, 0.3) is 0 Å². The Labute approximate surface area is 33.0 Å². The Bertz CT molecular complexity index is 39.2. The van der Waals surface area contributed by atoms with Gasteiger partial charge in [-0.3, -0.25) is 0 Å². The first-order chi connectivity index (χ1) is 1.97. The molecule has 0 aromatic rings. The van der Waals surface area contributed by atoms with E-state index in [0.29, 0.717) is 0 Å². The first kappa shape index (κ1) is 2.00. The van der Waals surface area contributed by atoms with E-state index < -0.39 is 0 Å². The van der Waals surface area contributed by atoms with Crippen LogP contribution in [-0.4, -0.2) is 12.8 Å². The van der Waals surface area contributed by atoms with Crippen molar-refractivity contribution in [2.24, 2.45) is 0 Å². The van der Waals surface area contributed by atoms with E-state index in [2.05, 4.69) is 0 Å². The fourth-order valence-corrected chi connectivity index (χ4v) is 5.29. The first-order valence-electron chi connectivity index (χ1n) is 1.57. The van der Waals surface area contributed by atoms with Gasteiger partial charge in [0.05, 0.1) is 0 Å². The van der Waals surface area contributed by atoms with Gasteiger partial charge in [-0.15, -0.1) is 0 Å². The van der Waals surface area contributed by atoms with Crippen LogP contribution in [-0.2, 0) is 0 Å². The van der Waals surface area contributed by atoms with E-state index in [1.807, 2.05) is 0 Å². The van der Waals surface area contributed by atoms with Crippen molar-refractivity contribution < 1.29 is 0 Å². The fourth-order valence-electron chi connectivity index (χ4n) is 0.318. The average Bonchev–Trinajstić information content (AvgIpc) is 1.36. The monoisotopic (exact) mass is 168 g/mol. The Morgan fingerprint density at radius 3 is 1.75 bits per heavy atom. The Hall–Kier alpha value is 0.730. The number of rotatable bonds is 0. The molecule has 2 heterocycles. The number of hydrogen-bond acceptors (Lipinski definition) is 0. The zero-order chi connectivity index (χ0) is 2.57. The van der Waals surface area contributed by atoms with Crippen LogP contribution in [0.4, 0.5) is 0 Å². The molecule has 2 aliphatic rings. The Kier molecular flexibility index (Phi) is 0.183. The number of halogens is 1. The summed E-state index contributed by atoms with van der Waals surface area (Å²) >= 11 is 0.153. The molecule has 0 aromatic heterocycles. The molecule has 0 nitrogen and oxygen atoms in total. The van der Waals surface area contributed by atoms with Crippen LogP contribution in [0.15, 0.2) is 0 Å². The molecule has 0 spiro atoms.